The number of benzene rings is 1. The van der Waals surface area contributed by atoms with E-state index < -0.39 is 18.0 Å². The molecule has 1 atom stereocenters. The lowest BCUT2D eigenvalue weighted by atomic mass is 10.2. The molecule has 1 fully saturated rings. The standard InChI is InChI=1S/C13H16FN3O3/c1-8(7-18)17(13(19)20)16-11-4-2-3-10(14)12(11)15-9-5-6-9/h2-4,7-9,15-16H,5-6H2,1H3,(H,19,20). The topological polar surface area (TPSA) is 81.7 Å². The van der Waals surface area contributed by atoms with Crippen LogP contribution < -0.4 is 10.7 Å². The number of nitrogens with zero attached hydrogens (tertiary/aromatic N) is 1. The lowest BCUT2D eigenvalue weighted by molar-refractivity contribution is -0.111. The van der Waals surface area contributed by atoms with E-state index in [0.29, 0.717) is 6.29 Å². The number of halogens is 1. The van der Waals surface area contributed by atoms with Crippen molar-refractivity contribution in [2.75, 3.05) is 10.7 Å². The number of hydrogen-bond donors (Lipinski definition) is 3. The van der Waals surface area contributed by atoms with Gasteiger partial charge in [-0.05, 0) is 31.9 Å². The molecule has 1 saturated carbocycles. The van der Waals surface area contributed by atoms with Crippen LogP contribution >= 0.6 is 0 Å². The molecular weight excluding hydrogens is 265 g/mol. The molecule has 108 valence electrons. The maximum absolute atomic E-state index is 13.8. The molecule has 0 spiro atoms. The molecular formula is C13H16FN3O3. The van der Waals surface area contributed by atoms with Crippen LogP contribution in [0.2, 0.25) is 0 Å². The van der Waals surface area contributed by atoms with Gasteiger partial charge in [0.15, 0.2) is 0 Å². The van der Waals surface area contributed by atoms with E-state index in [1.54, 1.807) is 6.07 Å². The Labute approximate surface area is 115 Å². The Morgan fingerprint density at radius 3 is 2.80 bits per heavy atom. The smallest absolute Gasteiger partial charge is 0.426 e. The maximum atomic E-state index is 13.8. The van der Waals surface area contributed by atoms with Gasteiger partial charge in [0, 0.05) is 6.04 Å². The van der Waals surface area contributed by atoms with Crippen LogP contribution in [0.3, 0.4) is 0 Å². The van der Waals surface area contributed by atoms with Crippen molar-refractivity contribution in [2.24, 2.45) is 0 Å². The number of nitrogens with one attached hydrogen (secondary N) is 2. The molecule has 1 aromatic carbocycles. The normalized spacial score (nSPS) is 15.3. The number of carboxylic acid groups (broad SMARTS) is 1. The third-order valence-electron chi connectivity index (χ3n) is 2.99. The molecule has 7 heteroatoms. The SMILES string of the molecule is CC(C=O)N(Nc1cccc(F)c1NC1CC1)C(=O)O. The van der Waals surface area contributed by atoms with E-state index in [4.69, 9.17) is 5.11 Å². The van der Waals surface area contributed by atoms with Crippen LogP contribution in [0.15, 0.2) is 18.2 Å². The average Bonchev–Trinajstić information content (AvgIpc) is 3.22. The number of anilines is 2. The maximum Gasteiger partial charge on any atom is 0.426 e. The summed E-state index contributed by atoms with van der Waals surface area (Å²) in [6, 6.07) is 3.66. The van der Waals surface area contributed by atoms with Gasteiger partial charge in [0.1, 0.15) is 18.1 Å². The molecule has 1 unspecified atom stereocenters. The van der Waals surface area contributed by atoms with Crippen molar-refractivity contribution < 1.29 is 19.1 Å². The van der Waals surface area contributed by atoms with Gasteiger partial charge in [0.2, 0.25) is 0 Å². The summed E-state index contributed by atoms with van der Waals surface area (Å²) in [5.74, 6) is -0.467. The summed E-state index contributed by atoms with van der Waals surface area (Å²) in [4.78, 5) is 21.9. The summed E-state index contributed by atoms with van der Waals surface area (Å²) in [5, 5.41) is 12.8. The molecule has 0 heterocycles. The van der Waals surface area contributed by atoms with Gasteiger partial charge in [-0.2, -0.15) is 0 Å². The predicted octanol–water partition coefficient (Wildman–Crippen LogP) is 2.29. The Morgan fingerprint density at radius 2 is 2.25 bits per heavy atom. The van der Waals surface area contributed by atoms with Gasteiger partial charge in [0.25, 0.3) is 0 Å². The fourth-order valence-corrected chi connectivity index (χ4v) is 1.71. The Kier molecular flexibility index (Phi) is 4.07. The summed E-state index contributed by atoms with van der Waals surface area (Å²) in [6.45, 7) is 1.43. The summed E-state index contributed by atoms with van der Waals surface area (Å²) < 4.78 is 13.8. The molecule has 1 aliphatic rings. The summed E-state index contributed by atoms with van der Waals surface area (Å²) in [7, 11) is 0. The molecule has 0 aliphatic heterocycles. The Hall–Kier alpha value is -2.31. The Balaban J connectivity index is 2.24. The fourth-order valence-electron chi connectivity index (χ4n) is 1.71. The molecule has 2 rings (SSSR count). The Bertz CT molecular complexity index is 520. The minimum atomic E-state index is -1.31. The minimum Gasteiger partial charge on any atom is -0.464 e. The second-order valence-electron chi connectivity index (χ2n) is 4.72. The molecule has 1 aliphatic carbocycles. The van der Waals surface area contributed by atoms with Gasteiger partial charge in [-0.3, -0.25) is 5.43 Å². The van der Waals surface area contributed by atoms with E-state index in [0.717, 1.165) is 17.9 Å². The molecule has 0 bridgehead atoms. The molecule has 1 amide bonds. The monoisotopic (exact) mass is 281 g/mol. The summed E-state index contributed by atoms with van der Waals surface area (Å²) in [5.41, 5.74) is 3.08. The summed E-state index contributed by atoms with van der Waals surface area (Å²) >= 11 is 0. The molecule has 0 saturated heterocycles. The number of carbonyl (C=O) groups excluding carboxylic acids is 1. The van der Waals surface area contributed by atoms with E-state index in [1.807, 2.05) is 0 Å². The van der Waals surface area contributed by atoms with Crippen LogP contribution in [0.5, 0.6) is 0 Å². The van der Waals surface area contributed by atoms with Gasteiger partial charge < -0.3 is 15.2 Å². The molecule has 20 heavy (non-hydrogen) atoms. The number of hydrogen-bond acceptors (Lipinski definition) is 4. The zero-order valence-corrected chi connectivity index (χ0v) is 11.0. The second kappa shape index (κ2) is 5.77. The first kappa shape index (κ1) is 14.1. The lowest BCUT2D eigenvalue weighted by Gasteiger charge is -2.25. The third kappa shape index (κ3) is 3.17. The van der Waals surface area contributed by atoms with Gasteiger partial charge in [-0.1, -0.05) is 6.07 Å². The van der Waals surface area contributed by atoms with Gasteiger partial charge >= 0.3 is 6.09 Å². The van der Waals surface area contributed by atoms with Gasteiger partial charge in [0.05, 0.1) is 11.4 Å². The number of para-hydroxylation sites is 1. The molecule has 1 aromatic rings. The van der Waals surface area contributed by atoms with Crippen molar-refractivity contribution in [1.82, 2.24) is 5.01 Å². The van der Waals surface area contributed by atoms with Crippen LogP contribution in [-0.2, 0) is 4.79 Å². The third-order valence-corrected chi connectivity index (χ3v) is 2.99. The average molecular weight is 281 g/mol. The van der Waals surface area contributed by atoms with Crippen molar-refractivity contribution in [3.8, 4) is 0 Å². The van der Waals surface area contributed by atoms with Crippen molar-refractivity contribution in [3.63, 3.8) is 0 Å². The molecule has 3 N–H and O–H groups in total. The first-order chi connectivity index (χ1) is 9.52. The van der Waals surface area contributed by atoms with E-state index in [-0.39, 0.29) is 17.4 Å². The van der Waals surface area contributed by atoms with Crippen molar-refractivity contribution in [2.45, 2.75) is 31.8 Å². The van der Waals surface area contributed by atoms with Crippen molar-refractivity contribution >= 4 is 23.8 Å². The minimum absolute atomic E-state index is 0.217. The number of rotatable bonds is 6. The summed E-state index contributed by atoms with van der Waals surface area (Å²) in [6.07, 6.45) is 1.10. The number of carbonyl (C=O) groups is 2. The van der Waals surface area contributed by atoms with Crippen LogP contribution in [0.25, 0.3) is 0 Å². The molecule has 6 nitrogen and oxygen atoms in total. The highest BCUT2D eigenvalue weighted by molar-refractivity contribution is 5.77. The first-order valence-electron chi connectivity index (χ1n) is 6.32. The first-order valence-corrected chi connectivity index (χ1v) is 6.32. The highest BCUT2D eigenvalue weighted by atomic mass is 19.1. The van der Waals surface area contributed by atoms with E-state index in [1.165, 1.54) is 19.1 Å². The van der Waals surface area contributed by atoms with Crippen LogP contribution in [0, 0.1) is 5.82 Å². The van der Waals surface area contributed by atoms with Crippen LogP contribution in [0.1, 0.15) is 19.8 Å². The molecule has 0 aromatic heterocycles. The van der Waals surface area contributed by atoms with E-state index in [2.05, 4.69) is 10.7 Å². The Morgan fingerprint density at radius 1 is 1.55 bits per heavy atom. The van der Waals surface area contributed by atoms with Gasteiger partial charge in [-0.25, -0.2) is 14.2 Å². The zero-order chi connectivity index (χ0) is 14.7. The van der Waals surface area contributed by atoms with Crippen molar-refractivity contribution in [3.05, 3.63) is 24.0 Å². The fraction of sp³-hybridized carbons (Fsp3) is 0.385. The highest BCUT2D eigenvalue weighted by Gasteiger charge is 2.25. The number of amides is 1. The number of hydrazine groups is 1. The largest absolute Gasteiger partial charge is 0.464 e. The van der Waals surface area contributed by atoms with Crippen molar-refractivity contribution in [1.29, 1.82) is 0 Å². The second-order valence-corrected chi connectivity index (χ2v) is 4.72. The van der Waals surface area contributed by atoms with Gasteiger partial charge in [-0.15, -0.1) is 0 Å². The lowest BCUT2D eigenvalue weighted by Crippen LogP contribution is -2.43. The van der Waals surface area contributed by atoms with E-state index >= 15 is 0 Å². The quantitative estimate of drug-likeness (QED) is 0.550. The zero-order valence-electron chi connectivity index (χ0n) is 11.0. The predicted molar refractivity (Wildman–Crippen MR) is 72.1 cm³/mol. The van der Waals surface area contributed by atoms with Crippen LogP contribution in [-0.4, -0.2) is 34.6 Å². The van der Waals surface area contributed by atoms with Crippen LogP contribution in [0.4, 0.5) is 20.6 Å². The number of aldehydes is 1. The van der Waals surface area contributed by atoms with E-state index in [9.17, 15) is 14.0 Å². The molecule has 0 radical (unpaired) electrons. The highest BCUT2D eigenvalue weighted by Crippen LogP contribution is 2.32.